The summed E-state index contributed by atoms with van der Waals surface area (Å²) >= 11 is 0. The molecular weight excluding hydrogens is 137 g/mol. The summed E-state index contributed by atoms with van der Waals surface area (Å²) in [6, 6.07) is 0. The third-order valence-corrected chi connectivity index (χ3v) is 1.21. The van der Waals surface area contributed by atoms with Gasteiger partial charge in [-0.05, 0) is 14.1 Å². The average molecular weight is 151 g/mol. The summed E-state index contributed by atoms with van der Waals surface area (Å²) < 4.78 is 0. The van der Waals surface area contributed by atoms with Crippen molar-refractivity contribution in [2.45, 2.75) is 19.4 Å². The molecule has 0 bridgehead atoms. The van der Waals surface area contributed by atoms with E-state index in [4.69, 9.17) is 0 Å². The molecule has 1 radical (unpaired) electrons. The molecule has 0 amide bonds. The fraction of sp³-hybridized carbons (Fsp3) is 0.833. The molecule has 0 aromatic carbocycles. The largest absolute Gasteiger partial charge is 2.00 e. The molecule has 0 unspecified atom stereocenters. The van der Waals surface area contributed by atoms with Gasteiger partial charge in [0.25, 0.3) is 0 Å². The molecule has 8 heavy (non-hydrogen) atoms. The van der Waals surface area contributed by atoms with Crippen LogP contribution in [0.5, 0.6) is 0 Å². The van der Waals surface area contributed by atoms with E-state index in [0.29, 0.717) is 0 Å². The fourth-order valence-corrected chi connectivity index (χ4v) is 0. The van der Waals surface area contributed by atoms with Gasteiger partial charge in [0.15, 0.2) is 0 Å². The van der Waals surface area contributed by atoms with E-state index in [2.05, 4.69) is 25.7 Å². The summed E-state index contributed by atoms with van der Waals surface area (Å²) in [4.78, 5) is 2.08. The second kappa shape index (κ2) is 3.55. The van der Waals surface area contributed by atoms with Gasteiger partial charge < -0.3 is 11.8 Å². The van der Waals surface area contributed by atoms with Crippen LogP contribution in [0.1, 0.15) is 13.8 Å². The Labute approximate surface area is 64.3 Å². The van der Waals surface area contributed by atoms with E-state index < -0.39 is 0 Å². The number of rotatable bonds is 1. The van der Waals surface area contributed by atoms with Crippen LogP contribution in [0.2, 0.25) is 0 Å². The van der Waals surface area contributed by atoms with Crippen LogP contribution in [0.15, 0.2) is 0 Å². The maximum Gasteiger partial charge on any atom is 2.00 e. The molecule has 0 aromatic heterocycles. The molecule has 0 spiro atoms. The maximum absolute atomic E-state index is 3.90. The zero-order chi connectivity index (χ0) is 6.08. The van der Waals surface area contributed by atoms with Crippen molar-refractivity contribution in [3.8, 4) is 0 Å². The van der Waals surface area contributed by atoms with Crippen molar-refractivity contribution in [2.75, 3.05) is 14.1 Å². The minimum atomic E-state index is 0. The fourth-order valence-electron chi connectivity index (χ4n) is 0. The van der Waals surface area contributed by atoms with Gasteiger partial charge in [-0.3, -0.25) is 0 Å². The first kappa shape index (κ1) is 11.4. The van der Waals surface area contributed by atoms with E-state index in [0.717, 1.165) is 0 Å². The van der Waals surface area contributed by atoms with Crippen LogP contribution in [0, 0.1) is 6.92 Å². The van der Waals surface area contributed by atoms with Gasteiger partial charge in [-0.15, -0.1) is 5.54 Å². The van der Waals surface area contributed by atoms with E-state index in [9.17, 15) is 0 Å². The minimum absolute atomic E-state index is 0. The van der Waals surface area contributed by atoms with Gasteiger partial charge in [0, 0.05) is 0 Å². The molecule has 0 fully saturated rings. The van der Waals surface area contributed by atoms with Crippen LogP contribution < -0.4 is 0 Å². The Bertz CT molecular complexity index is 54.0. The van der Waals surface area contributed by atoms with Crippen molar-refractivity contribution < 1.29 is 18.6 Å². The number of nitrogens with zero attached hydrogens (tertiary/aromatic N) is 1. The molecule has 0 aliphatic carbocycles. The van der Waals surface area contributed by atoms with E-state index in [1.165, 1.54) is 0 Å². The standard InChI is InChI=1S/C6H14N.V/c1-6(2,3)7(4)5;/h1H2,2-5H3;/q-1;+2. The average Bonchev–Trinajstić information content (AvgIpc) is 1.31. The normalized spacial score (nSPS) is 11.2. The zero-order valence-electron chi connectivity index (χ0n) is 6.10. The Balaban J connectivity index is 0. The Morgan fingerprint density at radius 3 is 1.38 bits per heavy atom. The second-order valence-corrected chi connectivity index (χ2v) is 2.71. The summed E-state index contributed by atoms with van der Waals surface area (Å²) in [5.74, 6) is 0. The van der Waals surface area contributed by atoms with Crippen LogP contribution in [0.4, 0.5) is 0 Å². The molecule has 0 saturated heterocycles. The van der Waals surface area contributed by atoms with E-state index in [1.54, 1.807) is 0 Å². The van der Waals surface area contributed by atoms with Gasteiger partial charge in [0.2, 0.25) is 0 Å². The topological polar surface area (TPSA) is 3.24 Å². The third-order valence-electron chi connectivity index (χ3n) is 1.21. The SMILES string of the molecule is [CH2-]C(C)(C)N(C)C.[V+2]. The molecule has 0 N–H and O–H groups in total. The summed E-state index contributed by atoms with van der Waals surface area (Å²) in [7, 11) is 4.04. The predicted octanol–water partition coefficient (Wildman–Crippen LogP) is 1.16. The molecule has 47 valence electrons. The van der Waals surface area contributed by atoms with Crippen LogP contribution in [0.25, 0.3) is 0 Å². The third kappa shape index (κ3) is 4.70. The van der Waals surface area contributed by atoms with Crippen LogP contribution in [-0.4, -0.2) is 24.5 Å². The molecule has 0 aliphatic rings. The van der Waals surface area contributed by atoms with Gasteiger partial charge in [-0.25, -0.2) is 0 Å². The first-order chi connectivity index (χ1) is 2.94. The number of hydrogen-bond acceptors (Lipinski definition) is 1. The summed E-state index contributed by atoms with van der Waals surface area (Å²) in [5, 5.41) is 0. The molecule has 0 heterocycles. The molecule has 0 aliphatic heterocycles. The van der Waals surface area contributed by atoms with Gasteiger partial charge in [0.1, 0.15) is 0 Å². The molecule has 2 heteroatoms. The van der Waals surface area contributed by atoms with Crippen molar-refractivity contribution in [1.82, 2.24) is 4.90 Å². The van der Waals surface area contributed by atoms with Crippen molar-refractivity contribution in [2.24, 2.45) is 0 Å². The molecule has 0 rings (SSSR count). The number of hydrogen-bond donors (Lipinski definition) is 0. The van der Waals surface area contributed by atoms with Gasteiger partial charge in [-0.2, -0.15) is 0 Å². The smallest absolute Gasteiger partial charge is 0.334 e. The first-order valence-corrected chi connectivity index (χ1v) is 2.47. The van der Waals surface area contributed by atoms with Crippen LogP contribution in [-0.2, 0) is 18.6 Å². The molecule has 0 saturated carbocycles. The Morgan fingerprint density at radius 2 is 1.38 bits per heavy atom. The summed E-state index contributed by atoms with van der Waals surface area (Å²) in [6.07, 6.45) is 0. The monoisotopic (exact) mass is 151 g/mol. The second-order valence-electron chi connectivity index (χ2n) is 2.71. The Hall–Kier alpha value is 0.544. The van der Waals surface area contributed by atoms with E-state index >= 15 is 0 Å². The Kier molecular flexibility index (Phi) is 5.03. The summed E-state index contributed by atoms with van der Waals surface area (Å²) in [5.41, 5.74) is 0.0833. The maximum atomic E-state index is 3.90. The first-order valence-electron chi connectivity index (χ1n) is 2.47. The van der Waals surface area contributed by atoms with Crippen molar-refractivity contribution >= 4 is 0 Å². The van der Waals surface area contributed by atoms with Crippen LogP contribution >= 0.6 is 0 Å². The van der Waals surface area contributed by atoms with Crippen molar-refractivity contribution in [3.05, 3.63) is 6.92 Å². The zero-order valence-corrected chi connectivity index (χ0v) is 7.50. The van der Waals surface area contributed by atoms with Gasteiger partial charge in [-0.1, -0.05) is 13.8 Å². The van der Waals surface area contributed by atoms with Crippen molar-refractivity contribution in [3.63, 3.8) is 0 Å². The Morgan fingerprint density at radius 1 is 1.25 bits per heavy atom. The van der Waals surface area contributed by atoms with Gasteiger partial charge >= 0.3 is 18.6 Å². The van der Waals surface area contributed by atoms with Crippen LogP contribution in [0.3, 0.4) is 0 Å². The molecule has 1 nitrogen and oxygen atoms in total. The summed E-state index contributed by atoms with van der Waals surface area (Å²) in [6.45, 7) is 8.05. The quantitative estimate of drug-likeness (QED) is 0.508. The molecule has 0 aromatic rings. The van der Waals surface area contributed by atoms with Crippen molar-refractivity contribution in [1.29, 1.82) is 0 Å². The predicted molar refractivity (Wildman–Crippen MR) is 33.1 cm³/mol. The van der Waals surface area contributed by atoms with E-state index in [-0.39, 0.29) is 24.1 Å². The van der Waals surface area contributed by atoms with Gasteiger partial charge in [0.05, 0.1) is 0 Å². The van der Waals surface area contributed by atoms with E-state index in [1.807, 2.05) is 14.1 Å². The molecular formula is C6H14NV+. The molecule has 0 atom stereocenters. The minimum Gasteiger partial charge on any atom is -0.334 e.